The number of benzene rings is 2. The van der Waals surface area contributed by atoms with Crippen LogP contribution in [-0.2, 0) is 0 Å². The van der Waals surface area contributed by atoms with Gasteiger partial charge in [-0.2, -0.15) is 0 Å². The number of methoxy groups -OCH3 is 2. The van der Waals surface area contributed by atoms with E-state index in [1.807, 2.05) is 5.38 Å². The maximum atomic E-state index is 12.7. The first-order chi connectivity index (χ1) is 15.5. The van der Waals surface area contributed by atoms with Crippen LogP contribution in [0.4, 0.5) is 5.69 Å². The Morgan fingerprint density at radius 3 is 1.97 bits per heavy atom. The molecule has 3 aromatic rings. The van der Waals surface area contributed by atoms with Crippen LogP contribution in [0.1, 0.15) is 30.4 Å². The molecule has 1 heterocycles. The van der Waals surface area contributed by atoms with Crippen molar-refractivity contribution >= 4 is 34.7 Å². The van der Waals surface area contributed by atoms with E-state index >= 15 is 0 Å². The molecule has 0 fully saturated rings. The van der Waals surface area contributed by atoms with Gasteiger partial charge in [0, 0.05) is 24.3 Å². The van der Waals surface area contributed by atoms with Gasteiger partial charge >= 0.3 is 0 Å². The van der Waals surface area contributed by atoms with Gasteiger partial charge in [0.25, 0.3) is 17.7 Å². The molecule has 2 aromatic carbocycles. The minimum atomic E-state index is -0.391. The van der Waals surface area contributed by atoms with Crippen molar-refractivity contribution < 1.29 is 23.9 Å². The van der Waals surface area contributed by atoms with Crippen LogP contribution < -0.4 is 25.4 Å². The highest BCUT2D eigenvalue weighted by Crippen LogP contribution is 2.29. The van der Waals surface area contributed by atoms with Gasteiger partial charge in [0.05, 0.1) is 19.1 Å². The maximum Gasteiger partial charge on any atom is 0.263 e. The third kappa shape index (κ3) is 5.64. The maximum absolute atomic E-state index is 12.7. The first-order valence-electron chi connectivity index (χ1n) is 9.75. The minimum Gasteiger partial charge on any atom is -0.496 e. The average molecular weight is 454 g/mol. The fraction of sp³-hybridized carbons (Fsp3) is 0.174. The van der Waals surface area contributed by atoms with Crippen molar-refractivity contribution in [3.63, 3.8) is 0 Å². The molecule has 8 nitrogen and oxygen atoms in total. The predicted octanol–water partition coefficient (Wildman–Crippen LogP) is 3.18. The molecule has 0 bridgehead atoms. The van der Waals surface area contributed by atoms with Crippen LogP contribution in [0.5, 0.6) is 11.5 Å². The van der Waals surface area contributed by atoms with Crippen LogP contribution in [0, 0.1) is 0 Å². The quantitative estimate of drug-likeness (QED) is 0.432. The Kier molecular flexibility index (Phi) is 7.82. The first kappa shape index (κ1) is 22.8. The smallest absolute Gasteiger partial charge is 0.263 e. The van der Waals surface area contributed by atoms with Crippen molar-refractivity contribution in [3.8, 4) is 11.5 Å². The molecule has 3 amide bonds. The summed E-state index contributed by atoms with van der Waals surface area (Å²) in [6, 6.07) is 15.1. The molecule has 0 spiro atoms. The summed E-state index contributed by atoms with van der Waals surface area (Å²) in [5.41, 5.74) is 1.23. The summed E-state index contributed by atoms with van der Waals surface area (Å²) in [7, 11) is 2.96. The van der Waals surface area contributed by atoms with Gasteiger partial charge in [0.15, 0.2) is 0 Å². The fourth-order valence-corrected chi connectivity index (χ4v) is 3.56. The molecule has 0 aliphatic rings. The third-order valence-corrected chi connectivity index (χ3v) is 5.37. The van der Waals surface area contributed by atoms with Crippen LogP contribution in [0.3, 0.4) is 0 Å². The number of carbonyl (C=O) groups is 3. The third-order valence-electron chi connectivity index (χ3n) is 4.50. The summed E-state index contributed by atoms with van der Waals surface area (Å²) < 4.78 is 10.5. The standard InChI is InChI=1S/C23H23N3O5S/c1-30-17-5-3-6-18(31-2)20(17)23(29)26-16-10-8-15(9-11-16)21(27)24-12-13-25-22(28)19-7-4-14-32-19/h3-11,14H,12-13H2,1-2H3,(H,24,27)(H,25,28)(H,26,29). The number of anilines is 1. The van der Waals surface area contributed by atoms with Crippen LogP contribution in [-0.4, -0.2) is 45.0 Å². The van der Waals surface area contributed by atoms with E-state index < -0.39 is 5.91 Å². The molecule has 0 atom stereocenters. The molecule has 0 unspecified atom stereocenters. The molecule has 0 saturated heterocycles. The van der Waals surface area contributed by atoms with Gasteiger partial charge in [-0.05, 0) is 47.8 Å². The number of carbonyl (C=O) groups excluding carboxylic acids is 3. The molecule has 0 aliphatic heterocycles. The highest BCUT2D eigenvalue weighted by molar-refractivity contribution is 7.12. The lowest BCUT2D eigenvalue weighted by Gasteiger charge is -2.13. The number of amides is 3. The summed E-state index contributed by atoms with van der Waals surface area (Å²) in [4.78, 5) is 37.5. The van der Waals surface area contributed by atoms with E-state index in [4.69, 9.17) is 9.47 Å². The van der Waals surface area contributed by atoms with Crippen LogP contribution in [0.25, 0.3) is 0 Å². The van der Waals surface area contributed by atoms with Gasteiger partial charge < -0.3 is 25.4 Å². The molecule has 3 rings (SSSR count). The molecule has 32 heavy (non-hydrogen) atoms. The van der Waals surface area contributed by atoms with Gasteiger partial charge in [0.2, 0.25) is 0 Å². The summed E-state index contributed by atoms with van der Waals surface area (Å²) in [6.07, 6.45) is 0. The molecule has 0 aliphatic carbocycles. The molecule has 1 aromatic heterocycles. The van der Waals surface area contributed by atoms with Gasteiger partial charge in [-0.3, -0.25) is 14.4 Å². The molecule has 0 radical (unpaired) electrons. The van der Waals surface area contributed by atoms with Gasteiger partial charge in [-0.1, -0.05) is 12.1 Å². The Bertz CT molecular complexity index is 1060. The first-order valence-corrected chi connectivity index (χ1v) is 10.6. The molecule has 166 valence electrons. The Labute approximate surface area is 189 Å². The highest BCUT2D eigenvalue weighted by Gasteiger charge is 2.18. The van der Waals surface area contributed by atoms with E-state index in [1.54, 1.807) is 54.6 Å². The Balaban J connectivity index is 1.53. The van der Waals surface area contributed by atoms with Crippen molar-refractivity contribution in [2.24, 2.45) is 0 Å². The lowest BCUT2D eigenvalue weighted by Crippen LogP contribution is -2.34. The topological polar surface area (TPSA) is 106 Å². The van der Waals surface area contributed by atoms with Gasteiger partial charge in [-0.15, -0.1) is 11.3 Å². The Morgan fingerprint density at radius 1 is 0.781 bits per heavy atom. The summed E-state index contributed by atoms with van der Waals surface area (Å²) in [6.45, 7) is 0.611. The van der Waals surface area contributed by atoms with Gasteiger partial charge in [-0.25, -0.2) is 0 Å². The normalized spacial score (nSPS) is 10.2. The fourth-order valence-electron chi connectivity index (χ4n) is 2.92. The number of ether oxygens (including phenoxy) is 2. The zero-order valence-electron chi connectivity index (χ0n) is 17.6. The number of rotatable bonds is 9. The zero-order chi connectivity index (χ0) is 22.9. The Hall–Kier alpha value is -3.85. The van der Waals surface area contributed by atoms with Crippen molar-refractivity contribution in [2.45, 2.75) is 0 Å². The van der Waals surface area contributed by atoms with E-state index in [-0.39, 0.29) is 17.4 Å². The molecular formula is C23H23N3O5S. The lowest BCUT2D eigenvalue weighted by molar-refractivity contribution is 0.0929. The SMILES string of the molecule is COc1cccc(OC)c1C(=O)Nc1ccc(C(=O)NCCNC(=O)c2cccs2)cc1. The largest absolute Gasteiger partial charge is 0.496 e. The molecule has 0 saturated carbocycles. The summed E-state index contributed by atoms with van der Waals surface area (Å²) in [5.74, 6) is -0.0494. The predicted molar refractivity (Wildman–Crippen MR) is 123 cm³/mol. The Morgan fingerprint density at radius 2 is 1.41 bits per heavy atom. The van der Waals surface area contributed by atoms with Crippen molar-refractivity contribution in [2.75, 3.05) is 32.6 Å². The second-order valence-electron chi connectivity index (χ2n) is 6.56. The van der Waals surface area contributed by atoms with Crippen molar-refractivity contribution in [3.05, 3.63) is 76.0 Å². The van der Waals surface area contributed by atoms with Crippen LogP contribution >= 0.6 is 11.3 Å². The van der Waals surface area contributed by atoms with Crippen LogP contribution in [0.2, 0.25) is 0 Å². The van der Waals surface area contributed by atoms with Crippen molar-refractivity contribution in [1.29, 1.82) is 0 Å². The van der Waals surface area contributed by atoms with Crippen LogP contribution in [0.15, 0.2) is 60.0 Å². The molecular weight excluding hydrogens is 430 g/mol. The van der Waals surface area contributed by atoms with Crippen molar-refractivity contribution in [1.82, 2.24) is 10.6 Å². The number of hydrogen-bond acceptors (Lipinski definition) is 6. The van der Waals surface area contributed by atoms with E-state index in [0.29, 0.717) is 40.7 Å². The summed E-state index contributed by atoms with van der Waals surface area (Å²) >= 11 is 1.36. The highest BCUT2D eigenvalue weighted by atomic mass is 32.1. The van der Waals surface area contributed by atoms with Gasteiger partial charge in [0.1, 0.15) is 17.1 Å². The number of hydrogen-bond donors (Lipinski definition) is 3. The summed E-state index contributed by atoms with van der Waals surface area (Å²) in [5, 5.41) is 10.1. The monoisotopic (exact) mass is 453 g/mol. The van der Waals surface area contributed by atoms with E-state index in [9.17, 15) is 14.4 Å². The molecule has 9 heteroatoms. The number of nitrogens with one attached hydrogen (secondary N) is 3. The average Bonchev–Trinajstić information content (AvgIpc) is 3.36. The minimum absolute atomic E-state index is 0.166. The van der Waals surface area contributed by atoms with E-state index in [0.717, 1.165) is 0 Å². The lowest BCUT2D eigenvalue weighted by atomic mass is 10.1. The second-order valence-corrected chi connectivity index (χ2v) is 7.51. The zero-order valence-corrected chi connectivity index (χ0v) is 18.5. The van der Waals surface area contributed by atoms with E-state index in [2.05, 4.69) is 16.0 Å². The number of thiophene rings is 1. The molecule has 3 N–H and O–H groups in total. The van der Waals surface area contributed by atoms with E-state index in [1.165, 1.54) is 25.6 Å². The second kappa shape index (κ2) is 11.0.